The van der Waals surface area contributed by atoms with Gasteiger partial charge in [0.2, 0.25) is 5.91 Å². The molecule has 7 nitrogen and oxygen atoms in total. The second-order valence-corrected chi connectivity index (χ2v) is 10.9. The number of ether oxygens (including phenoxy) is 1. The minimum Gasteiger partial charge on any atom is -0.481 e. The number of halogens is 2. The summed E-state index contributed by atoms with van der Waals surface area (Å²) in [6, 6.07) is 10.8. The molecule has 36 heavy (non-hydrogen) atoms. The first kappa shape index (κ1) is 26.9. The summed E-state index contributed by atoms with van der Waals surface area (Å²) in [6.45, 7) is 7.45. The molecule has 0 spiro atoms. The molecule has 0 saturated carbocycles. The van der Waals surface area contributed by atoms with Crippen LogP contribution in [0.4, 0.5) is 0 Å². The number of aliphatic carboxylic acids is 1. The summed E-state index contributed by atoms with van der Waals surface area (Å²) in [6.07, 6.45) is 2.45. The second kappa shape index (κ2) is 11.5. The molecule has 3 heterocycles. The van der Waals surface area contributed by atoms with Crippen molar-refractivity contribution in [3.05, 3.63) is 63.9 Å². The molecule has 0 bridgehead atoms. The van der Waals surface area contributed by atoms with E-state index in [0.717, 1.165) is 30.8 Å². The van der Waals surface area contributed by atoms with E-state index >= 15 is 0 Å². The zero-order chi connectivity index (χ0) is 25.9. The van der Waals surface area contributed by atoms with Crippen molar-refractivity contribution in [2.75, 3.05) is 32.8 Å². The number of hydrogen-bond acceptors (Lipinski definition) is 5. The third kappa shape index (κ3) is 5.86. The van der Waals surface area contributed by atoms with E-state index in [1.807, 2.05) is 35.2 Å². The number of carboxylic acid groups (broad SMARTS) is 1. The number of pyridine rings is 1. The van der Waals surface area contributed by atoms with Gasteiger partial charge in [0.05, 0.1) is 41.8 Å². The summed E-state index contributed by atoms with van der Waals surface area (Å²) >= 11 is 12.6. The number of carbonyl (C=O) groups is 2. The fourth-order valence-corrected chi connectivity index (χ4v) is 5.94. The first-order valence-corrected chi connectivity index (χ1v) is 13.2. The SMILES string of the molecule is CCC(CN1CCOCC1)N1C(=O)[C@@](C)(CC(=O)O)C[C@H](c2cccc(Cl)c2)[C@H]1c1ccc(Cl)cn1. The predicted octanol–water partition coefficient (Wildman–Crippen LogP) is 5.04. The summed E-state index contributed by atoms with van der Waals surface area (Å²) < 4.78 is 5.52. The molecule has 2 saturated heterocycles. The van der Waals surface area contributed by atoms with E-state index in [-0.39, 0.29) is 30.3 Å². The van der Waals surface area contributed by atoms with Gasteiger partial charge in [-0.1, -0.05) is 49.2 Å². The minimum absolute atomic E-state index is 0.131. The largest absolute Gasteiger partial charge is 0.481 e. The third-order valence-electron chi connectivity index (χ3n) is 7.41. The van der Waals surface area contributed by atoms with Crippen LogP contribution < -0.4 is 0 Å². The van der Waals surface area contributed by atoms with Gasteiger partial charge in [0, 0.05) is 42.8 Å². The molecule has 4 rings (SSSR count). The Balaban J connectivity index is 1.84. The number of morpholine rings is 1. The van der Waals surface area contributed by atoms with Crippen molar-refractivity contribution >= 4 is 35.1 Å². The lowest BCUT2D eigenvalue weighted by Crippen LogP contribution is -2.58. The fraction of sp³-hybridized carbons (Fsp3) is 0.519. The number of hydrogen-bond donors (Lipinski definition) is 1. The van der Waals surface area contributed by atoms with Crippen LogP contribution >= 0.6 is 23.2 Å². The number of carboxylic acids is 1. The van der Waals surface area contributed by atoms with Crippen LogP contribution in [0.2, 0.25) is 10.0 Å². The van der Waals surface area contributed by atoms with E-state index in [2.05, 4.69) is 16.8 Å². The van der Waals surface area contributed by atoms with Crippen LogP contribution in [0.15, 0.2) is 42.6 Å². The van der Waals surface area contributed by atoms with Crippen LogP contribution in [0.3, 0.4) is 0 Å². The Morgan fingerprint density at radius 3 is 2.58 bits per heavy atom. The molecule has 2 aliphatic heterocycles. The van der Waals surface area contributed by atoms with Crippen molar-refractivity contribution in [1.29, 1.82) is 0 Å². The van der Waals surface area contributed by atoms with Crippen LogP contribution in [0, 0.1) is 5.41 Å². The van der Waals surface area contributed by atoms with Gasteiger partial charge in [-0.05, 0) is 42.7 Å². The van der Waals surface area contributed by atoms with Gasteiger partial charge in [0.15, 0.2) is 0 Å². The predicted molar refractivity (Wildman–Crippen MR) is 139 cm³/mol. The standard InChI is InChI=1S/C27H33Cl2N3O4/c1-3-21(17-31-9-11-36-12-10-31)32-25(23-8-7-20(29)16-30-23)22(18-5-4-6-19(28)13-18)14-27(2,26(32)35)15-24(33)34/h4-8,13,16,21-22,25H,3,9-12,14-15,17H2,1-2H3,(H,33,34)/t21?,22-,25+,27-/m1/s1. The number of nitrogens with zero attached hydrogens (tertiary/aromatic N) is 3. The highest BCUT2D eigenvalue weighted by Crippen LogP contribution is 2.51. The van der Waals surface area contributed by atoms with Crippen molar-refractivity contribution in [3.8, 4) is 0 Å². The number of aromatic nitrogens is 1. The average Bonchev–Trinajstić information content (AvgIpc) is 2.85. The summed E-state index contributed by atoms with van der Waals surface area (Å²) in [5.41, 5.74) is 0.621. The Morgan fingerprint density at radius 2 is 1.97 bits per heavy atom. The number of benzene rings is 1. The van der Waals surface area contributed by atoms with Crippen LogP contribution in [0.5, 0.6) is 0 Å². The number of rotatable bonds is 8. The van der Waals surface area contributed by atoms with Gasteiger partial charge in [0.1, 0.15) is 0 Å². The van der Waals surface area contributed by atoms with E-state index < -0.39 is 11.4 Å². The van der Waals surface area contributed by atoms with Crippen LogP contribution in [-0.2, 0) is 14.3 Å². The minimum atomic E-state index is -1.07. The van der Waals surface area contributed by atoms with Gasteiger partial charge in [-0.3, -0.25) is 19.5 Å². The van der Waals surface area contributed by atoms with Gasteiger partial charge in [-0.15, -0.1) is 0 Å². The first-order chi connectivity index (χ1) is 17.2. The first-order valence-electron chi connectivity index (χ1n) is 12.4. The maximum Gasteiger partial charge on any atom is 0.304 e. The van der Waals surface area contributed by atoms with Gasteiger partial charge in [-0.2, -0.15) is 0 Å². The highest BCUT2D eigenvalue weighted by molar-refractivity contribution is 6.30. The normalized spacial score (nSPS) is 26.1. The molecular weight excluding hydrogens is 501 g/mol. The highest BCUT2D eigenvalue weighted by Gasteiger charge is 2.52. The van der Waals surface area contributed by atoms with Crippen molar-refractivity contribution < 1.29 is 19.4 Å². The molecule has 2 fully saturated rings. The van der Waals surface area contributed by atoms with Gasteiger partial charge in [0.25, 0.3) is 0 Å². The zero-order valence-corrected chi connectivity index (χ0v) is 22.2. The van der Waals surface area contributed by atoms with Crippen LogP contribution in [-0.4, -0.2) is 70.7 Å². The fourth-order valence-electron chi connectivity index (χ4n) is 5.63. The van der Waals surface area contributed by atoms with Crippen molar-refractivity contribution in [1.82, 2.24) is 14.8 Å². The van der Waals surface area contributed by atoms with Crippen LogP contribution in [0.25, 0.3) is 0 Å². The zero-order valence-electron chi connectivity index (χ0n) is 20.7. The molecule has 2 aliphatic rings. The number of likely N-dealkylation sites (tertiary alicyclic amines) is 1. The monoisotopic (exact) mass is 533 g/mol. The summed E-state index contributed by atoms with van der Waals surface area (Å²) in [7, 11) is 0. The van der Waals surface area contributed by atoms with E-state index in [4.69, 9.17) is 27.9 Å². The summed E-state index contributed by atoms with van der Waals surface area (Å²) in [5, 5.41) is 10.9. The smallest absolute Gasteiger partial charge is 0.304 e. The molecule has 1 aromatic heterocycles. The molecule has 1 aromatic carbocycles. The topological polar surface area (TPSA) is 83.0 Å². The number of piperidine rings is 1. The van der Waals surface area contributed by atoms with E-state index in [9.17, 15) is 14.7 Å². The Bertz CT molecular complexity index is 1080. The molecule has 4 atom stereocenters. The molecule has 1 N–H and O–H groups in total. The summed E-state index contributed by atoms with van der Waals surface area (Å²) in [4.78, 5) is 35.1. The Kier molecular flexibility index (Phi) is 8.56. The molecule has 9 heteroatoms. The van der Waals surface area contributed by atoms with Gasteiger partial charge < -0.3 is 14.7 Å². The lowest BCUT2D eigenvalue weighted by Gasteiger charge is -2.52. The number of carbonyl (C=O) groups excluding carboxylic acids is 1. The summed E-state index contributed by atoms with van der Waals surface area (Å²) in [5.74, 6) is -1.33. The molecule has 194 valence electrons. The van der Waals surface area contributed by atoms with E-state index in [0.29, 0.717) is 36.2 Å². The third-order valence-corrected chi connectivity index (χ3v) is 7.87. The van der Waals surface area contributed by atoms with Crippen molar-refractivity contribution in [2.24, 2.45) is 5.41 Å². The number of amides is 1. The quantitative estimate of drug-likeness (QED) is 0.511. The Morgan fingerprint density at radius 1 is 1.22 bits per heavy atom. The molecule has 1 unspecified atom stereocenters. The average molecular weight is 534 g/mol. The van der Waals surface area contributed by atoms with Gasteiger partial charge >= 0.3 is 5.97 Å². The molecule has 2 aromatic rings. The molecular formula is C27H33Cl2N3O4. The lowest BCUT2D eigenvalue weighted by molar-refractivity contribution is -0.161. The van der Waals surface area contributed by atoms with E-state index in [1.165, 1.54) is 0 Å². The van der Waals surface area contributed by atoms with E-state index in [1.54, 1.807) is 19.2 Å². The van der Waals surface area contributed by atoms with Crippen molar-refractivity contribution in [3.63, 3.8) is 0 Å². The Hall–Kier alpha value is -2.19. The Labute approximate surface area is 222 Å². The highest BCUT2D eigenvalue weighted by atomic mass is 35.5. The van der Waals surface area contributed by atoms with Crippen LogP contribution in [0.1, 0.15) is 56.3 Å². The maximum absolute atomic E-state index is 14.3. The van der Waals surface area contributed by atoms with Gasteiger partial charge in [-0.25, -0.2) is 0 Å². The molecule has 0 aliphatic carbocycles. The molecule has 1 amide bonds. The maximum atomic E-state index is 14.3. The molecule has 0 radical (unpaired) electrons. The van der Waals surface area contributed by atoms with Crippen molar-refractivity contribution in [2.45, 2.75) is 51.1 Å². The second-order valence-electron chi connectivity index (χ2n) is 10.0. The lowest BCUT2D eigenvalue weighted by atomic mass is 9.67.